The van der Waals surface area contributed by atoms with Crippen LogP contribution in [0.15, 0.2) is 36.7 Å². The van der Waals surface area contributed by atoms with Crippen molar-refractivity contribution in [1.82, 2.24) is 19.9 Å². The lowest BCUT2D eigenvalue weighted by Crippen LogP contribution is -2.23. The predicted molar refractivity (Wildman–Crippen MR) is 101 cm³/mol. The Morgan fingerprint density at radius 1 is 1.15 bits per heavy atom. The summed E-state index contributed by atoms with van der Waals surface area (Å²) in [6.07, 6.45) is 5.19. The highest BCUT2D eigenvalue weighted by molar-refractivity contribution is 5.90. The smallest absolute Gasteiger partial charge is 0.360 e. The van der Waals surface area contributed by atoms with Crippen molar-refractivity contribution in [2.24, 2.45) is 0 Å². The first kappa shape index (κ1) is 18.5. The van der Waals surface area contributed by atoms with Crippen LogP contribution in [0.3, 0.4) is 0 Å². The number of rotatable bonds is 8. The number of benzene rings is 1. The van der Waals surface area contributed by atoms with Gasteiger partial charge in [-0.1, -0.05) is 19.1 Å². The summed E-state index contributed by atoms with van der Waals surface area (Å²) in [6, 6.07) is 7.09. The zero-order valence-corrected chi connectivity index (χ0v) is 15.3. The van der Waals surface area contributed by atoms with Gasteiger partial charge in [-0.25, -0.2) is 24.7 Å². The minimum absolute atomic E-state index is 0.0346. The fourth-order valence-corrected chi connectivity index (χ4v) is 2.52. The van der Waals surface area contributed by atoms with Crippen LogP contribution >= 0.6 is 0 Å². The van der Waals surface area contributed by atoms with E-state index in [0.29, 0.717) is 36.6 Å². The fourth-order valence-electron chi connectivity index (χ4n) is 2.52. The molecule has 0 fully saturated rings. The molecule has 0 aliphatic carbocycles. The number of fused-ring (bicyclic) bond motifs is 1. The van der Waals surface area contributed by atoms with Crippen molar-refractivity contribution in [3.05, 3.63) is 47.9 Å². The molecule has 3 rings (SSSR count). The number of carboxylic acids is 1. The molecule has 0 unspecified atom stereocenters. The molecule has 8 heteroatoms. The van der Waals surface area contributed by atoms with Gasteiger partial charge in [-0.2, -0.15) is 0 Å². The first-order valence-electron chi connectivity index (χ1n) is 8.73. The number of aromatic carboxylic acids is 1. The van der Waals surface area contributed by atoms with Gasteiger partial charge in [0.05, 0.1) is 17.6 Å². The van der Waals surface area contributed by atoms with E-state index < -0.39 is 5.97 Å². The largest absolute Gasteiger partial charge is 0.476 e. The molecule has 2 aromatic heterocycles. The molecule has 0 amide bonds. The number of aromatic nitrogens is 4. The van der Waals surface area contributed by atoms with Crippen molar-refractivity contribution >= 4 is 23.0 Å². The summed E-state index contributed by atoms with van der Waals surface area (Å²) < 4.78 is 5.61. The average Bonchev–Trinajstić information content (AvgIpc) is 2.70. The van der Waals surface area contributed by atoms with Gasteiger partial charge >= 0.3 is 5.97 Å². The van der Waals surface area contributed by atoms with Crippen molar-refractivity contribution in [2.45, 2.75) is 19.8 Å². The molecule has 1 aromatic carbocycles. The van der Waals surface area contributed by atoms with E-state index in [-0.39, 0.29) is 11.6 Å². The molecule has 3 aromatic rings. The second kappa shape index (κ2) is 8.39. The summed E-state index contributed by atoms with van der Waals surface area (Å²) >= 11 is 0. The molecular weight excluding hydrogens is 346 g/mol. The Hall–Kier alpha value is -3.29. The maximum atomic E-state index is 11.4. The number of hydrogen-bond donors (Lipinski definition) is 1. The molecule has 8 nitrogen and oxygen atoms in total. The number of anilines is 1. The molecule has 0 spiro atoms. The molecule has 0 aliphatic rings. The Kier molecular flexibility index (Phi) is 5.75. The van der Waals surface area contributed by atoms with E-state index in [0.717, 1.165) is 12.0 Å². The number of carboxylic acid groups (broad SMARTS) is 1. The van der Waals surface area contributed by atoms with E-state index >= 15 is 0 Å². The summed E-state index contributed by atoms with van der Waals surface area (Å²) in [5, 5.41) is 9.35. The fraction of sp³-hybridized carbons (Fsp3) is 0.316. The number of nitrogens with zero attached hydrogens (tertiary/aromatic N) is 5. The number of ether oxygens (including phenoxy) is 1. The lowest BCUT2D eigenvalue weighted by molar-refractivity contribution is 0.0684. The standard InChI is InChI=1S/C19H21N5O3/c1-3-13-11-20-19(21-12-13)24(2)9-6-10-27-17-16(18(25)26)22-14-7-4-5-8-15(14)23-17/h4-5,7-8,11-12H,3,6,9-10H2,1-2H3,(H,25,26). The third kappa shape index (κ3) is 4.46. The number of hydrogen-bond acceptors (Lipinski definition) is 7. The summed E-state index contributed by atoms with van der Waals surface area (Å²) in [5.74, 6) is -0.485. The average molecular weight is 367 g/mol. The Morgan fingerprint density at radius 3 is 2.44 bits per heavy atom. The highest BCUT2D eigenvalue weighted by Gasteiger charge is 2.17. The lowest BCUT2D eigenvalue weighted by atomic mass is 10.3. The Balaban J connectivity index is 1.61. The molecule has 1 N–H and O–H groups in total. The normalized spacial score (nSPS) is 10.7. The van der Waals surface area contributed by atoms with Crippen LogP contribution in [0, 0.1) is 0 Å². The molecule has 0 saturated heterocycles. The minimum Gasteiger partial charge on any atom is -0.476 e. The molecule has 0 aliphatic heterocycles. The van der Waals surface area contributed by atoms with Crippen LogP contribution in [0.5, 0.6) is 5.88 Å². The second-order valence-corrected chi connectivity index (χ2v) is 6.04. The third-order valence-electron chi connectivity index (χ3n) is 4.06. The van der Waals surface area contributed by atoms with Crippen molar-refractivity contribution < 1.29 is 14.6 Å². The first-order valence-corrected chi connectivity index (χ1v) is 8.73. The zero-order valence-electron chi connectivity index (χ0n) is 15.3. The van der Waals surface area contributed by atoms with Gasteiger partial charge in [0.15, 0.2) is 0 Å². The van der Waals surface area contributed by atoms with Gasteiger partial charge in [0.25, 0.3) is 0 Å². The number of carbonyl (C=O) groups is 1. The van der Waals surface area contributed by atoms with Crippen LogP contribution in [0.25, 0.3) is 11.0 Å². The molecule has 0 saturated carbocycles. The van der Waals surface area contributed by atoms with Crippen molar-refractivity contribution in [3.63, 3.8) is 0 Å². The summed E-state index contributed by atoms with van der Waals surface area (Å²) in [7, 11) is 1.90. The van der Waals surface area contributed by atoms with Gasteiger partial charge in [-0.15, -0.1) is 0 Å². The van der Waals surface area contributed by atoms with Gasteiger partial charge in [-0.05, 0) is 30.5 Å². The molecular formula is C19H21N5O3. The Labute approximate surface area is 156 Å². The monoisotopic (exact) mass is 367 g/mol. The predicted octanol–water partition coefficient (Wildman–Crippen LogP) is 2.59. The van der Waals surface area contributed by atoms with Crippen molar-refractivity contribution in [1.29, 1.82) is 0 Å². The quantitative estimate of drug-likeness (QED) is 0.606. The summed E-state index contributed by atoms with van der Waals surface area (Å²) in [5.41, 5.74) is 2.03. The van der Waals surface area contributed by atoms with Crippen molar-refractivity contribution in [3.8, 4) is 5.88 Å². The van der Waals surface area contributed by atoms with Gasteiger partial charge in [0.1, 0.15) is 0 Å². The second-order valence-electron chi connectivity index (χ2n) is 6.04. The van der Waals surface area contributed by atoms with Gasteiger partial charge in [0, 0.05) is 26.0 Å². The molecule has 0 bridgehead atoms. The van der Waals surface area contributed by atoms with E-state index in [1.807, 2.05) is 30.4 Å². The summed E-state index contributed by atoms with van der Waals surface area (Å²) in [4.78, 5) is 30.4. The van der Waals surface area contributed by atoms with E-state index in [2.05, 4.69) is 26.9 Å². The Bertz CT molecular complexity index is 930. The molecule has 0 atom stereocenters. The van der Waals surface area contributed by atoms with Gasteiger partial charge in [-0.3, -0.25) is 0 Å². The van der Waals surface area contributed by atoms with Crippen LogP contribution in [0.4, 0.5) is 5.95 Å². The van der Waals surface area contributed by atoms with E-state index in [1.165, 1.54) is 0 Å². The molecule has 2 heterocycles. The molecule has 140 valence electrons. The minimum atomic E-state index is -1.16. The van der Waals surface area contributed by atoms with Gasteiger partial charge in [0.2, 0.25) is 17.5 Å². The maximum absolute atomic E-state index is 11.4. The van der Waals surface area contributed by atoms with Crippen LogP contribution < -0.4 is 9.64 Å². The van der Waals surface area contributed by atoms with E-state index in [9.17, 15) is 9.90 Å². The highest BCUT2D eigenvalue weighted by Crippen LogP contribution is 2.19. The maximum Gasteiger partial charge on any atom is 0.360 e. The molecule has 0 radical (unpaired) electrons. The zero-order chi connectivity index (χ0) is 19.2. The lowest BCUT2D eigenvalue weighted by Gasteiger charge is -2.17. The van der Waals surface area contributed by atoms with Crippen LogP contribution in [0.1, 0.15) is 29.4 Å². The van der Waals surface area contributed by atoms with Crippen LogP contribution in [0.2, 0.25) is 0 Å². The van der Waals surface area contributed by atoms with Crippen LogP contribution in [-0.2, 0) is 6.42 Å². The highest BCUT2D eigenvalue weighted by atomic mass is 16.5. The summed E-state index contributed by atoms with van der Waals surface area (Å²) in [6.45, 7) is 3.03. The SMILES string of the molecule is CCc1cnc(N(C)CCCOc2nc3ccccc3nc2C(=O)O)nc1. The van der Waals surface area contributed by atoms with E-state index in [1.54, 1.807) is 18.2 Å². The van der Waals surface area contributed by atoms with Gasteiger partial charge < -0.3 is 14.7 Å². The Morgan fingerprint density at radius 2 is 1.81 bits per heavy atom. The van der Waals surface area contributed by atoms with Crippen molar-refractivity contribution in [2.75, 3.05) is 25.1 Å². The van der Waals surface area contributed by atoms with E-state index in [4.69, 9.17) is 4.74 Å². The number of aryl methyl sites for hydroxylation is 1. The third-order valence-corrected chi connectivity index (χ3v) is 4.06. The first-order chi connectivity index (χ1) is 13.1. The topological polar surface area (TPSA) is 101 Å². The number of para-hydroxylation sites is 2. The van der Waals surface area contributed by atoms with Crippen LogP contribution in [-0.4, -0.2) is 51.2 Å². The molecule has 27 heavy (non-hydrogen) atoms.